The van der Waals surface area contributed by atoms with E-state index in [9.17, 15) is 0 Å². The average molecular weight is 704 g/mol. The highest BCUT2D eigenvalue weighted by Gasteiger charge is 2.23. The van der Waals surface area contributed by atoms with Gasteiger partial charge in [0, 0.05) is 44.4 Å². The molecule has 0 saturated heterocycles. The molecule has 0 spiro atoms. The second kappa shape index (κ2) is 12.6. The molecule has 0 amide bonds. The van der Waals surface area contributed by atoms with Crippen LogP contribution in [0.15, 0.2) is 209 Å². The molecule has 0 radical (unpaired) electrons. The molecule has 9 aromatic carbocycles. The van der Waals surface area contributed by atoms with Gasteiger partial charge in [-0.15, -0.1) is 0 Å². The van der Waals surface area contributed by atoms with Crippen LogP contribution in [0.1, 0.15) is 0 Å². The molecule has 0 fully saturated rings. The van der Waals surface area contributed by atoms with Gasteiger partial charge in [0.2, 0.25) is 0 Å². The Bertz CT molecular complexity index is 3220. The number of hydrogen-bond acceptors (Lipinski definition) is 3. The summed E-state index contributed by atoms with van der Waals surface area (Å²) in [5.74, 6) is 0. The van der Waals surface area contributed by atoms with Gasteiger partial charge in [-0.05, 0) is 81.6 Å². The number of fused-ring (bicyclic) bond motifs is 7. The number of furan rings is 2. The smallest absolute Gasteiger partial charge is 0.137 e. The summed E-state index contributed by atoms with van der Waals surface area (Å²) in [6.07, 6.45) is 0. The molecule has 0 aliphatic rings. The summed E-state index contributed by atoms with van der Waals surface area (Å²) >= 11 is 0. The Morgan fingerprint density at radius 1 is 0.291 bits per heavy atom. The second-order valence-corrected chi connectivity index (χ2v) is 14.1. The zero-order chi connectivity index (χ0) is 36.3. The first-order chi connectivity index (χ1) is 27.3. The van der Waals surface area contributed by atoms with Gasteiger partial charge in [0.15, 0.2) is 0 Å². The van der Waals surface area contributed by atoms with E-state index in [-0.39, 0.29) is 0 Å². The van der Waals surface area contributed by atoms with Crippen molar-refractivity contribution >= 4 is 71.7 Å². The van der Waals surface area contributed by atoms with Gasteiger partial charge >= 0.3 is 0 Å². The molecule has 55 heavy (non-hydrogen) atoms. The Morgan fingerprint density at radius 3 is 1.73 bits per heavy atom. The third kappa shape index (κ3) is 5.20. The standard InChI is InChI=1S/C52H33NO2/c1-2-13-35(14-3-1)42-28-25-37(40-21-12-16-34-15-4-5-17-39(34)40)32-48(42)53(38-27-29-45-43-19-7-10-23-49(43)55-52(45)33-38)47-22-9-6-18-41(47)36-26-30-51-46(31-36)44-20-8-11-24-50(44)54-51/h1-33H. The zero-order valence-corrected chi connectivity index (χ0v) is 29.8. The molecule has 0 bridgehead atoms. The summed E-state index contributed by atoms with van der Waals surface area (Å²) in [5, 5.41) is 6.85. The number of hydrogen-bond donors (Lipinski definition) is 0. The molecule has 0 atom stereocenters. The maximum atomic E-state index is 6.53. The molecule has 2 heterocycles. The van der Waals surface area contributed by atoms with E-state index in [4.69, 9.17) is 8.83 Å². The number of nitrogens with zero attached hydrogens (tertiary/aromatic N) is 1. The van der Waals surface area contributed by atoms with Crippen molar-refractivity contribution in [2.75, 3.05) is 4.90 Å². The van der Waals surface area contributed by atoms with Crippen molar-refractivity contribution in [2.24, 2.45) is 0 Å². The quantitative estimate of drug-likeness (QED) is 0.173. The summed E-state index contributed by atoms with van der Waals surface area (Å²) in [6.45, 7) is 0. The first-order valence-corrected chi connectivity index (χ1v) is 18.7. The summed E-state index contributed by atoms with van der Waals surface area (Å²) in [5.41, 5.74) is 13.4. The van der Waals surface area contributed by atoms with Crippen molar-refractivity contribution in [3.8, 4) is 33.4 Å². The summed E-state index contributed by atoms with van der Waals surface area (Å²) in [6, 6.07) is 71.2. The van der Waals surface area contributed by atoms with Crippen LogP contribution in [0.4, 0.5) is 17.1 Å². The van der Waals surface area contributed by atoms with Crippen LogP contribution in [0.25, 0.3) is 88.0 Å². The molecule has 0 aliphatic heterocycles. The Kier molecular flexibility index (Phi) is 7.17. The monoisotopic (exact) mass is 703 g/mol. The van der Waals surface area contributed by atoms with Crippen LogP contribution < -0.4 is 4.90 Å². The lowest BCUT2D eigenvalue weighted by Gasteiger charge is -2.30. The van der Waals surface area contributed by atoms with Crippen molar-refractivity contribution in [1.82, 2.24) is 0 Å². The number of rotatable bonds is 6. The van der Waals surface area contributed by atoms with E-state index in [1.807, 2.05) is 24.3 Å². The molecule has 0 aliphatic carbocycles. The average Bonchev–Trinajstić information content (AvgIpc) is 3.82. The highest BCUT2D eigenvalue weighted by molar-refractivity contribution is 6.09. The second-order valence-electron chi connectivity index (χ2n) is 14.1. The topological polar surface area (TPSA) is 29.5 Å². The van der Waals surface area contributed by atoms with Crippen LogP contribution in [-0.4, -0.2) is 0 Å². The third-order valence-electron chi connectivity index (χ3n) is 10.9. The molecule has 2 aromatic heterocycles. The fourth-order valence-electron chi connectivity index (χ4n) is 8.29. The lowest BCUT2D eigenvalue weighted by molar-refractivity contribution is 0.668. The Morgan fingerprint density at radius 2 is 0.873 bits per heavy atom. The number of para-hydroxylation sites is 3. The van der Waals surface area contributed by atoms with Crippen molar-refractivity contribution in [1.29, 1.82) is 0 Å². The highest BCUT2D eigenvalue weighted by atomic mass is 16.3. The minimum Gasteiger partial charge on any atom is -0.456 e. The van der Waals surface area contributed by atoms with E-state index in [0.717, 1.165) is 88.8 Å². The normalized spacial score (nSPS) is 11.6. The van der Waals surface area contributed by atoms with Crippen molar-refractivity contribution in [3.63, 3.8) is 0 Å². The van der Waals surface area contributed by atoms with E-state index in [2.05, 4.69) is 181 Å². The van der Waals surface area contributed by atoms with Crippen LogP contribution in [0, 0.1) is 0 Å². The van der Waals surface area contributed by atoms with Gasteiger partial charge in [-0.3, -0.25) is 0 Å². The van der Waals surface area contributed by atoms with Crippen molar-refractivity contribution < 1.29 is 8.83 Å². The molecule has 0 saturated carbocycles. The first-order valence-electron chi connectivity index (χ1n) is 18.7. The van der Waals surface area contributed by atoms with Gasteiger partial charge in [-0.25, -0.2) is 0 Å². The predicted molar refractivity (Wildman–Crippen MR) is 229 cm³/mol. The SMILES string of the molecule is c1ccc(-c2ccc(-c3cccc4ccccc34)cc2N(c2ccc3c(c2)oc2ccccc23)c2ccccc2-c2ccc3oc4ccccc4c3c2)cc1. The molecule has 3 nitrogen and oxygen atoms in total. The van der Waals surface area contributed by atoms with Crippen molar-refractivity contribution in [3.05, 3.63) is 200 Å². The maximum Gasteiger partial charge on any atom is 0.137 e. The van der Waals surface area contributed by atoms with E-state index < -0.39 is 0 Å². The lowest BCUT2D eigenvalue weighted by atomic mass is 9.93. The fourth-order valence-corrected chi connectivity index (χ4v) is 8.29. The fraction of sp³-hybridized carbons (Fsp3) is 0. The first kappa shape index (κ1) is 31.2. The van der Waals surface area contributed by atoms with Gasteiger partial charge in [0.1, 0.15) is 22.3 Å². The van der Waals surface area contributed by atoms with Crippen LogP contribution >= 0.6 is 0 Å². The van der Waals surface area contributed by atoms with E-state index >= 15 is 0 Å². The zero-order valence-electron chi connectivity index (χ0n) is 29.8. The van der Waals surface area contributed by atoms with Gasteiger partial charge in [-0.1, -0.05) is 146 Å². The Balaban J connectivity index is 1.20. The molecule has 0 unspecified atom stereocenters. The van der Waals surface area contributed by atoms with Crippen LogP contribution in [0.3, 0.4) is 0 Å². The number of benzene rings is 9. The molecular formula is C52H33NO2. The summed E-state index contributed by atoms with van der Waals surface area (Å²) in [4.78, 5) is 2.41. The highest BCUT2D eigenvalue weighted by Crippen LogP contribution is 2.48. The molecular weight excluding hydrogens is 671 g/mol. The lowest BCUT2D eigenvalue weighted by Crippen LogP contribution is -2.12. The molecule has 11 rings (SSSR count). The minimum atomic E-state index is 0.846. The van der Waals surface area contributed by atoms with Crippen molar-refractivity contribution in [2.45, 2.75) is 0 Å². The van der Waals surface area contributed by atoms with Gasteiger partial charge in [0.25, 0.3) is 0 Å². The summed E-state index contributed by atoms with van der Waals surface area (Å²) < 4.78 is 12.8. The Hall–Kier alpha value is -7.36. The van der Waals surface area contributed by atoms with E-state index in [0.29, 0.717) is 0 Å². The van der Waals surface area contributed by atoms with Gasteiger partial charge in [-0.2, -0.15) is 0 Å². The maximum absolute atomic E-state index is 6.53. The van der Waals surface area contributed by atoms with Crippen LogP contribution in [0.5, 0.6) is 0 Å². The number of anilines is 3. The largest absolute Gasteiger partial charge is 0.456 e. The Labute approximate surface area is 317 Å². The predicted octanol–water partition coefficient (Wildman–Crippen LogP) is 15.1. The van der Waals surface area contributed by atoms with Crippen LogP contribution in [0.2, 0.25) is 0 Å². The van der Waals surface area contributed by atoms with Crippen LogP contribution in [-0.2, 0) is 0 Å². The van der Waals surface area contributed by atoms with Gasteiger partial charge in [0.05, 0.1) is 11.4 Å². The van der Waals surface area contributed by atoms with E-state index in [1.54, 1.807) is 0 Å². The molecule has 258 valence electrons. The molecule has 0 N–H and O–H groups in total. The van der Waals surface area contributed by atoms with Gasteiger partial charge < -0.3 is 13.7 Å². The third-order valence-corrected chi connectivity index (χ3v) is 10.9. The molecule has 11 aromatic rings. The summed E-state index contributed by atoms with van der Waals surface area (Å²) in [7, 11) is 0. The van der Waals surface area contributed by atoms with E-state index in [1.165, 1.54) is 16.3 Å². The molecule has 3 heteroatoms. The minimum absolute atomic E-state index is 0.846.